The van der Waals surface area contributed by atoms with Crippen molar-refractivity contribution < 1.29 is 10.0 Å². The molecule has 0 spiro atoms. The number of hydrogen-bond donors (Lipinski definition) is 1. The number of aliphatic hydroxyl groups is 1. The average Bonchev–Trinajstić information content (AvgIpc) is 2.83. The quantitative estimate of drug-likeness (QED) is 0.611. The van der Waals surface area contributed by atoms with Gasteiger partial charge in [0.2, 0.25) is 0 Å². The van der Waals surface area contributed by atoms with E-state index in [9.17, 15) is 15.2 Å². The van der Waals surface area contributed by atoms with Crippen molar-refractivity contribution in [3.8, 4) is 0 Å². The standard InChI is InChI=1S/C11H12BrN5O3S/c1-2-3-16-9(6-18)14-15-11(16)21-10-8(12)4-7(5-13-10)17(19)20/h4-5,18H,2-3,6H2,1H3. The Morgan fingerprint density at radius 3 is 2.86 bits per heavy atom. The van der Waals surface area contributed by atoms with E-state index < -0.39 is 4.92 Å². The van der Waals surface area contributed by atoms with E-state index in [0.717, 1.165) is 6.42 Å². The molecule has 0 saturated heterocycles. The minimum atomic E-state index is -0.504. The van der Waals surface area contributed by atoms with Crippen molar-refractivity contribution in [2.24, 2.45) is 0 Å². The van der Waals surface area contributed by atoms with Crippen molar-refractivity contribution in [3.63, 3.8) is 0 Å². The van der Waals surface area contributed by atoms with Crippen LogP contribution in [0.2, 0.25) is 0 Å². The van der Waals surface area contributed by atoms with Crippen LogP contribution in [0.5, 0.6) is 0 Å². The number of nitrogens with zero attached hydrogens (tertiary/aromatic N) is 5. The molecule has 2 aromatic rings. The highest BCUT2D eigenvalue weighted by atomic mass is 79.9. The van der Waals surface area contributed by atoms with E-state index >= 15 is 0 Å². The Hall–Kier alpha value is -1.52. The van der Waals surface area contributed by atoms with Crippen LogP contribution in [0.4, 0.5) is 5.69 Å². The van der Waals surface area contributed by atoms with Crippen molar-refractivity contribution in [1.29, 1.82) is 0 Å². The summed E-state index contributed by atoms with van der Waals surface area (Å²) in [6.45, 7) is 2.49. The SMILES string of the molecule is CCCn1c(CO)nnc1Sc1ncc([N+](=O)[O-])cc1Br. The van der Waals surface area contributed by atoms with Crippen LogP contribution in [0, 0.1) is 10.1 Å². The third kappa shape index (κ3) is 3.57. The first-order valence-electron chi connectivity index (χ1n) is 6.07. The first-order chi connectivity index (χ1) is 10.1. The summed E-state index contributed by atoms with van der Waals surface area (Å²) in [5.41, 5.74) is -0.0858. The Labute approximate surface area is 132 Å². The summed E-state index contributed by atoms with van der Waals surface area (Å²) in [5, 5.41) is 29.0. The van der Waals surface area contributed by atoms with Crippen molar-refractivity contribution in [3.05, 3.63) is 32.7 Å². The Morgan fingerprint density at radius 1 is 1.52 bits per heavy atom. The predicted molar refractivity (Wildman–Crippen MR) is 79.0 cm³/mol. The number of aromatic nitrogens is 4. The molecule has 0 atom stereocenters. The van der Waals surface area contributed by atoms with E-state index in [2.05, 4.69) is 31.1 Å². The van der Waals surface area contributed by atoms with E-state index in [1.165, 1.54) is 24.0 Å². The summed E-state index contributed by atoms with van der Waals surface area (Å²) in [7, 11) is 0. The molecule has 10 heteroatoms. The largest absolute Gasteiger partial charge is 0.388 e. The van der Waals surface area contributed by atoms with E-state index in [1.807, 2.05) is 6.92 Å². The van der Waals surface area contributed by atoms with E-state index in [1.54, 1.807) is 4.57 Å². The number of nitro groups is 1. The number of pyridine rings is 1. The van der Waals surface area contributed by atoms with Crippen LogP contribution in [-0.2, 0) is 13.2 Å². The van der Waals surface area contributed by atoms with Gasteiger partial charge in [0.05, 0.1) is 9.40 Å². The van der Waals surface area contributed by atoms with Crippen LogP contribution >= 0.6 is 27.7 Å². The molecule has 0 aliphatic carbocycles. The van der Waals surface area contributed by atoms with Crippen molar-refractivity contribution in [2.45, 2.75) is 36.7 Å². The van der Waals surface area contributed by atoms with E-state index in [4.69, 9.17) is 0 Å². The number of aliphatic hydroxyl groups excluding tert-OH is 1. The van der Waals surface area contributed by atoms with Gasteiger partial charge < -0.3 is 9.67 Å². The zero-order valence-electron chi connectivity index (χ0n) is 11.1. The van der Waals surface area contributed by atoms with Gasteiger partial charge in [-0.3, -0.25) is 10.1 Å². The molecule has 0 bridgehead atoms. The lowest BCUT2D eigenvalue weighted by molar-refractivity contribution is -0.385. The van der Waals surface area contributed by atoms with Crippen LogP contribution in [0.1, 0.15) is 19.2 Å². The highest BCUT2D eigenvalue weighted by Crippen LogP contribution is 2.33. The zero-order valence-corrected chi connectivity index (χ0v) is 13.5. The molecule has 0 aromatic carbocycles. The second-order valence-electron chi connectivity index (χ2n) is 4.05. The number of halogens is 1. The Morgan fingerprint density at radius 2 is 2.29 bits per heavy atom. The lowest BCUT2D eigenvalue weighted by Gasteiger charge is -2.07. The molecule has 2 rings (SSSR count). The van der Waals surface area contributed by atoms with Gasteiger partial charge >= 0.3 is 0 Å². The number of rotatable bonds is 6. The molecule has 2 aromatic heterocycles. The third-order valence-corrected chi connectivity index (χ3v) is 4.44. The highest BCUT2D eigenvalue weighted by molar-refractivity contribution is 9.10. The molecule has 0 aliphatic heterocycles. The maximum absolute atomic E-state index is 10.7. The summed E-state index contributed by atoms with van der Waals surface area (Å²) in [4.78, 5) is 14.2. The maximum Gasteiger partial charge on any atom is 0.288 e. The molecule has 0 fully saturated rings. The Bertz CT molecular complexity index is 663. The van der Waals surface area contributed by atoms with Crippen molar-refractivity contribution in [1.82, 2.24) is 19.7 Å². The summed E-state index contributed by atoms with van der Waals surface area (Å²) < 4.78 is 2.32. The first kappa shape index (κ1) is 15.9. The molecule has 0 saturated carbocycles. The lowest BCUT2D eigenvalue weighted by Crippen LogP contribution is -2.04. The van der Waals surface area contributed by atoms with Gasteiger partial charge in [0, 0.05) is 12.6 Å². The fourth-order valence-corrected chi connectivity index (χ4v) is 3.04. The normalized spacial score (nSPS) is 10.8. The van der Waals surface area contributed by atoms with Crippen LogP contribution in [0.25, 0.3) is 0 Å². The van der Waals surface area contributed by atoms with Crippen molar-refractivity contribution in [2.75, 3.05) is 0 Å². The first-order valence-corrected chi connectivity index (χ1v) is 7.68. The molecule has 0 aliphatic rings. The molecule has 0 radical (unpaired) electrons. The monoisotopic (exact) mass is 373 g/mol. The average molecular weight is 374 g/mol. The van der Waals surface area contributed by atoms with Gasteiger partial charge in [0.15, 0.2) is 11.0 Å². The minimum Gasteiger partial charge on any atom is -0.388 e. The van der Waals surface area contributed by atoms with Gasteiger partial charge in [0.1, 0.15) is 17.8 Å². The van der Waals surface area contributed by atoms with E-state index in [0.29, 0.717) is 27.0 Å². The zero-order chi connectivity index (χ0) is 15.4. The van der Waals surface area contributed by atoms with Gasteiger partial charge in [-0.2, -0.15) is 0 Å². The summed E-state index contributed by atoms with van der Waals surface area (Å²) in [6.07, 6.45) is 2.06. The van der Waals surface area contributed by atoms with Crippen LogP contribution in [-0.4, -0.2) is 29.8 Å². The summed E-state index contributed by atoms with van der Waals surface area (Å²) in [6, 6.07) is 1.39. The fourth-order valence-electron chi connectivity index (χ4n) is 1.64. The molecular weight excluding hydrogens is 362 g/mol. The lowest BCUT2D eigenvalue weighted by atomic mass is 10.4. The Kier molecular flexibility index (Phi) is 5.26. The van der Waals surface area contributed by atoms with Gasteiger partial charge in [-0.1, -0.05) is 6.92 Å². The molecule has 112 valence electrons. The van der Waals surface area contributed by atoms with Gasteiger partial charge in [-0.15, -0.1) is 10.2 Å². The topological polar surface area (TPSA) is 107 Å². The Balaban J connectivity index is 2.30. The minimum absolute atomic E-state index is 0.0858. The molecule has 2 heterocycles. The second-order valence-corrected chi connectivity index (χ2v) is 5.86. The van der Waals surface area contributed by atoms with E-state index in [-0.39, 0.29) is 12.3 Å². The smallest absolute Gasteiger partial charge is 0.288 e. The molecule has 8 nitrogen and oxygen atoms in total. The summed E-state index contributed by atoms with van der Waals surface area (Å²) in [5.74, 6) is 0.484. The van der Waals surface area contributed by atoms with Gasteiger partial charge in [-0.05, 0) is 34.1 Å². The molecule has 0 amide bonds. The third-order valence-electron chi connectivity index (χ3n) is 2.57. The van der Waals surface area contributed by atoms with Crippen LogP contribution in [0.3, 0.4) is 0 Å². The second kappa shape index (κ2) is 6.96. The molecule has 1 N–H and O–H groups in total. The van der Waals surface area contributed by atoms with Crippen molar-refractivity contribution >= 4 is 33.4 Å². The predicted octanol–water partition coefficient (Wildman–Crippen LogP) is 2.40. The van der Waals surface area contributed by atoms with Crippen LogP contribution in [0.15, 0.2) is 26.9 Å². The molecule has 21 heavy (non-hydrogen) atoms. The van der Waals surface area contributed by atoms with Gasteiger partial charge in [-0.25, -0.2) is 4.98 Å². The maximum atomic E-state index is 10.7. The molecule has 0 unspecified atom stereocenters. The molecular formula is C11H12BrN5O3S. The van der Waals surface area contributed by atoms with Crippen LogP contribution < -0.4 is 0 Å². The van der Waals surface area contributed by atoms with Gasteiger partial charge in [0.25, 0.3) is 5.69 Å². The number of hydrogen-bond acceptors (Lipinski definition) is 7. The summed E-state index contributed by atoms with van der Waals surface area (Å²) >= 11 is 4.50. The highest BCUT2D eigenvalue weighted by Gasteiger charge is 2.16. The fraction of sp³-hybridized carbons (Fsp3) is 0.364.